The van der Waals surface area contributed by atoms with E-state index in [0.29, 0.717) is 16.4 Å². The van der Waals surface area contributed by atoms with Crippen LogP contribution in [0.4, 0.5) is 11.4 Å². The average Bonchev–Trinajstić information content (AvgIpc) is 2.92. The highest BCUT2D eigenvalue weighted by molar-refractivity contribution is 6.31. The number of nitrogens with zero attached hydrogens (tertiary/aromatic N) is 4. The number of benzene rings is 2. The number of azo groups is 1. The largest absolute Gasteiger partial charge is 0.493 e. The van der Waals surface area contributed by atoms with Crippen molar-refractivity contribution >= 4 is 44.8 Å². The Labute approximate surface area is 155 Å². The maximum absolute atomic E-state index is 10.7. The fraction of sp³-hybridized carbons (Fsp3) is 0.150. The molecule has 0 saturated carbocycles. The number of aromatic nitrogens is 2. The molecule has 4 rings (SSSR count). The second kappa shape index (κ2) is 6.77. The van der Waals surface area contributed by atoms with Crippen LogP contribution in [0.3, 0.4) is 0 Å². The van der Waals surface area contributed by atoms with E-state index in [2.05, 4.69) is 22.1 Å². The van der Waals surface area contributed by atoms with Crippen LogP contribution in [0.5, 0.6) is 5.88 Å². The zero-order valence-corrected chi connectivity index (χ0v) is 15.0. The third-order valence-electron chi connectivity index (χ3n) is 4.30. The number of hydrogen-bond donors (Lipinski definition) is 1. The number of fused-ring (bicyclic) bond motifs is 2. The molecule has 6 heteroatoms. The summed E-state index contributed by atoms with van der Waals surface area (Å²) in [7, 11) is 0. The highest BCUT2D eigenvalue weighted by atomic mass is 35.5. The number of pyridine rings is 1. The van der Waals surface area contributed by atoms with Crippen molar-refractivity contribution in [2.24, 2.45) is 10.2 Å². The summed E-state index contributed by atoms with van der Waals surface area (Å²) in [6, 6.07) is 15.1. The van der Waals surface area contributed by atoms with Crippen LogP contribution in [-0.4, -0.2) is 14.7 Å². The minimum atomic E-state index is 0.137. The zero-order chi connectivity index (χ0) is 18.1. The van der Waals surface area contributed by atoms with Gasteiger partial charge in [-0.1, -0.05) is 36.7 Å². The van der Waals surface area contributed by atoms with Gasteiger partial charge in [-0.15, -0.1) is 10.2 Å². The maximum Gasteiger partial charge on any atom is 0.220 e. The van der Waals surface area contributed by atoms with Gasteiger partial charge >= 0.3 is 0 Å². The summed E-state index contributed by atoms with van der Waals surface area (Å²) in [6.45, 7) is 2.79. The summed E-state index contributed by atoms with van der Waals surface area (Å²) in [5.41, 5.74) is 2.87. The van der Waals surface area contributed by atoms with Crippen LogP contribution in [0.2, 0.25) is 5.02 Å². The lowest BCUT2D eigenvalue weighted by molar-refractivity contribution is 0.421. The Bertz CT molecular complexity index is 1130. The molecule has 0 spiro atoms. The number of hydrogen-bond acceptors (Lipinski definition) is 4. The van der Waals surface area contributed by atoms with Crippen molar-refractivity contribution < 1.29 is 5.11 Å². The fourth-order valence-electron chi connectivity index (χ4n) is 3.12. The van der Waals surface area contributed by atoms with E-state index in [0.717, 1.165) is 34.8 Å². The Balaban J connectivity index is 1.84. The van der Waals surface area contributed by atoms with Gasteiger partial charge in [-0.3, -0.25) is 4.98 Å². The van der Waals surface area contributed by atoms with E-state index in [4.69, 9.17) is 11.6 Å². The first-order valence-corrected chi connectivity index (χ1v) is 8.83. The van der Waals surface area contributed by atoms with E-state index in [-0.39, 0.29) is 5.88 Å². The predicted octanol–water partition coefficient (Wildman–Crippen LogP) is 6.37. The number of rotatable bonds is 4. The first-order valence-electron chi connectivity index (χ1n) is 8.45. The van der Waals surface area contributed by atoms with Gasteiger partial charge in [0, 0.05) is 28.5 Å². The first kappa shape index (κ1) is 16.5. The molecule has 0 fully saturated rings. The second-order valence-electron chi connectivity index (χ2n) is 6.03. The highest BCUT2D eigenvalue weighted by Gasteiger charge is 2.15. The predicted molar refractivity (Wildman–Crippen MR) is 105 cm³/mol. The smallest absolute Gasteiger partial charge is 0.220 e. The summed E-state index contributed by atoms with van der Waals surface area (Å²) in [5.74, 6) is 0.137. The number of aryl methyl sites for hydroxylation is 1. The molecule has 1 N–H and O–H groups in total. The molecule has 2 aromatic carbocycles. The second-order valence-corrected chi connectivity index (χ2v) is 6.47. The van der Waals surface area contributed by atoms with Gasteiger partial charge in [-0.25, -0.2) is 0 Å². The molecule has 0 unspecified atom stereocenters. The molecule has 5 nitrogen and oxygen atoms in total. The third-order valence-corrected chi connectivity index (χ3v) is 4.54. The summed E-state index contributed by atoms with van der Waals surface area (Å²) < 4.78 is 1.87. The van der Waals surface area contributed by atoms with Gasteiger partial charge in [-0.2, -0.15) is 0 Å². The minimum absolute atomic E-state index is 0.137. The molecular weight excluding hydrogens is 348 g/mol. The molecule has 0 radical (unpaired) electrons. The molecule has 130 valence electrons. The lowest BCUT2D eigenvalue weighted by atomic mass is 10.2. The Kier molecular flexibility index (Phi) is 4.31. The molecule has 2 heterocycles. The van der Waals surface area contributed by atoms with Gasteiger partial charge in [0.1, 0.15) is 0 Å². The quantitative estimate of drug-likeness (QED) is 0.427. The molecule has 26 heavy (non-hydrogen) atoms. The fourth-order valence-corrected chi connectivity index (χ4v) is 3.28. The van der Waals surface area contributed by atoms with E-state index in [1.54, 1.807) is 24.4 Å². The van der Waals surface area contributed by atoms with Crippen LogP contribution in [0.1, 0.15) is 13.3 Å². The van der Waals surface area contributed by atoms with Gasteiger partial charge in [0.15, 0.2) is 5.69 Å². The molecule has 0 aliphatic heterocycles. The molecule has 0 aliphatic carbocycles. The molecule has 0 bridgehead atoms. The number of para-hydroxylation sites is 1. The van der Waals surface area contributed by atoms with Gasteiger partial charge in [0.2, 0.25) is 5.88 Å². The van der Waals surface area contributed by atoms with Gasteiger partial charge < -0.3 is 9.67 Å². The van der Waals surface area contributed by atoms with Crippen molar-refractivity contribution in [3.05, 3.63) is 59.8 Å². The standard InChI is InChI=1S/C20H17ClN4O/c1-2-11-25-18-6-4-3-5-15(18)19(20(25)26)24-23-16-9-10-22-17-12-13(21)7-8-14(16)17/h3-10,12,26H,2,11H2,1H3. The van der Waals surface area contributed by atoms with E-state index in [1.165, 1.54) is 0 Å². The average molecular weight is 365 g/mol. The van der Waals surface area contributed by atoms with Crippen LogP contribution in [-0.2, 0) is 6.54 Å². The van der Waals surface area contributed by atoms with Crippen LogP contribution >= 0.6 is 11.6 Å². The molecule has 2 aromatic heterocycles. The monoisotopic (exact) mass is 364 g/mol. The molecule has 0 atom stereocenters. The van der Waals surface area contributed by atoms with Gasteiger partial charge in [0.05, 0.1) is 16.7 Å². The summed E-state index contributed by atoms with van der Waals surface area (Å²) >= 11 is 6.03. The van der Waals surface area contributed by atoms with Crippen molar-refractivity contribution in [2.75, 3.05) is 0 Å². The summed E-state index contributed by atoms with van der Waals surface area (Å²) in [6.07, 6.45) is 2.59. The van der Waals surface area contributed by atoms with E-state index in [1.807, 2.05) is 34.9 Å². The first-order chi connectivity index (χ1) is 12.7. The Morgan fingerprint density at radius 2 is 1.92 bits per heavy atom. The number of halogens is 1. The Morgan fingerprint density at radius 1 is 1.08 bits per heavy atom. The number of aromatic hydroxyl groups is 1. The third kappa shape index (κ3) is 2.80. The minimum Gasteiger partial charge on any atom is -0.493 e. The molecule has 0 aliphatic rings. The van der Waals surface area contributed by atoms with Crippen molar-refractivity contribution in [3.63, 3.8) is 0 Å². The topological polar surface area (TPSA) is 62.8 Å². The van der Waals surface area contributed by atoms with Crippen LogP contribution in [0.15, 0.2) is 65.0 Å². The van der Waals surface area contributed by atoms with Crippen LogP contribution in [0, 0.1) is 0 Å². The molecular formula is C20H17ClN4O. The van der Waals surface area contributed by atoms with E-state index >= 15 is 0 Å². The highest BCUT2D eigenvalue weighted by Crippen LogP contribution is 2.40. The molecule has 0 amide bonds. The van der Waals surface area contributed by atoms with Gasteiger partial charge in [0.25, 0.3) is 0 Å². The zero-order valence-electron chi connectivity index (χ0n) is 14.2. The Hall–Kier alpha value is -2.92. The van der Waals surface area contributed by atoms with Crippen molar-refractivity contribution in [1.82, 2.24) is 9.55 Å². The normalized spacial score (nSPS) is 11.8. The van der Waals surface area contributed by atoms with Crippen molar-refractivity contribution in [3.8, 4) is 5.88 Å². The Morgan fingerprint density at radius 3 is 2.77 bits per heavy atom. The van der Waals surface area contributed by atoms with Crippen molar-refractivity contribution in [2.45, 2.75) is 19.9 Å². The summed E-state index contributed by atoms with van der Waals surface area (Å²) in [4.78, 5) is 4.31. The van der Waals surface area contributed by atoms with Crippen molar-refractivity contribution in [1.29, 1.82) is 0 Å². The lowest BCUT2D eigenvalue weighted by Gasteiger charge is -2.03. The molecule has 4 aromatic rings. The van der Waals surface area contributed by atoms with Crippen LogP contribution in [0.25, 0.3) is 21.8 Å². The lowest BCUT2D eigenvalue weighted by Crippen LogP contribution is -1.94. The summed E-state index contributed by atoms with van der Waals surface area (Å²) in [5, 5.41) is 21.8. The van der Waals surface area contributed by atoms with E-state index < -0.39 is 0 Å². The van der Waals surface area contributed by atoms with Gasteiger partial charge in [-0.05, 0) is 36.8 Å². The SMILES string of the molecule is CCCn1c(O)c(N=Nc2ccnc3cc(Cl)ccc23)c2ccccc21. The molecule has 0 saturated heterocycles. The van der Waals surface area contributed by atoms with E-state index in [9.17, 15) is 5.11 Å². The maximum atomic E-state index is 10.7. The van der Waals surface area contributed by atoms with Crippen LogP contribution < -0.4 is 0 Å².